The Kier molecular flexibility index (Phi) is 3.62. The molecule has 2 aromatic carbocycles. The van der Waals surface area contributed by atoms with E-state index in [4.69, 9.17) is 18.9 Å². The van der Waals surface area contributed by atoms with E-state index in [-0.39, 0.29) is 12.6 Å². The first kappa shape index (κ1) is 16.2. The van der Waals surface area contributed by atoms with Gasteiger partial charge in [-0.15, -0.1) is 0 Å². The normalized spacial score (nSPS) is 17.3. The summed E-state index contributed by atoms with van der Waals surface area (Å²) in [7, 11) is 0. The second-order valence-electron chi connectivity index (χ2n) is 7.13. The summed E-state index contributed by atoms with van der Waals surface area (Å²) in [6.07, 6.45) is 0. The third kappa shape index (κ3) is 2.64. The quantitative estimate of drug-likeness (QED) is 0.758. The molecule has 0 radical (unpaired) electrons. The summed E-state index contributed by atoms with van der Waals surface area (Å²) < 4.78 is 22.7. The molecular weight excluding hydrogens is 346 g/mol. The van der Waals surface area contributed by atoms with E-state index < -0.39 is 0 Å². The molecule has 0 unspecified atom stereocenters. The minimum atomic E-state index is -0.0549. The van der Waals surface area contributed by atoms with Gasteiger partial charge in [-0.25, -0.2) is 0 Å². The summed E-state index contributed by atoms with van der Waals surface area (Å²) in [5, 5.41) is 0. The predicted octanol–water partition coefficient (Wildman–Crippen LogP) is 3.64. The number of carbonyl (C=O) groups is 1. The van der Waals surface area contributed by atoms with Gasteiger partial charge in [0, 0.05) is 13.1 Å². The van der Waals surface area contributed by atoms with Crippen molar-refractivity contribution in [2.45, 2.75) is 26.9 Å². The van der Waals surface area contributed by atoms with Crippen molar-refractivity contribution in [3.63, 3.8) is 0 Å². The molecule has 0 fully saturated rings. The molecule has 5 rings (SSSR count). The molecule has 0 saturated heterocycles. The van der Waals surface area contributed by atoms with Crippen LogP contribution in [-0.4, -0.2) is 24.2 Å². The Morgan fingerprint density at radius 1 is 1.04 bits per heavy atom. The van der Waals surface area contributed by atoms with Gasteiger partial charge < -0.3 is 18.9 Å². The second kappa shape index (κ2) is 6.03. The Hall–Kier alpha value is -2.99. The Morgan fingerprint density at radius 2 is 1.85 bits per heavy atom. The van der Waals surface area contributed by atoms with Crippen LogP contribution in [0.5, 0.6) is 23.0 Å². The van der Waals surface area contributed by atoms with Crippen LogP contribution in [0.25, 0.3) is 0 Å². The maximum atomic E-state index is 12.5. The van der Waals surface area contributed by atoms with Crippen molar-refractivity contribution in [3.8, 4) is 23.0 Å². The molecule has 0 atom stereocenters. The van der Waals surface area contributed by atoms with Gasteiger partial charge in [-0.05, 0) is 49.2 Å². The number of rotatable bonds is 2. The van der Waals surface area contributed by atoms with Crippen molar-refractivity contribution in [1.29, 1.82) is 0 Å². The minimum absolute atomic E-state index is 0.0549. The zero-order valence-corrected chi connectivity index (χ0v) is 15.2. The van der Waals surface area contributed by atoms with E-state index in [1.165, 1.54) is 0 Å². The topological polar surface area (TPSA) is 57.2 Å². The van der Waals surface area contributed by atoms with Crippen LogP contribution >= 0.6 is 0 Å². The lowest BCUT2D eigenvalue weighted by Crippen LogP contribution is -2.31. The van der Waals surface area contributed by atoms with E-state index in [0.717, 1.165) is 33.9 Å². The van der Waals surface area contributed by atoms with Gasteiger partial charge in [0.1, 0.15) is 18.2 Å². The van der Waals surface area contributed by atoms with Gasteiger partial charge >= 0.3 is 0 Å². The molecule has 0 saturated carbocycles. The number of benzene rings is 2. The van der Waals surface area contributed by atoms with Crippen molar-refractivity contribution in [3.05, 3.63) is 58.4 Å². The third-order valence-electron chi connectivity index (χ3n) is 4.95. The van der Waals surface area contributed by atoms with Gasteiger partial charge in [-0.3, -0.25) is 9.69 Å². The van der Waals surface area contributed by atoms with E-state index in [0.29, 0.717) is 36.9 Å². The molecule has 0 bridgehead atoms. The summed E-state index contributed by atoms with van der Waals surface area (Å²) in [4.78, 5) is 14.7. The molecule has 6 nitrogen and oxygen atoms in total. The zero-order chi connectivity index (χ0) is 18.5. The molecule has 2 aromatic rings. The number of ether oxygens (including phenoxy) is 4. The number of Topliss-reactive ketones (excluding diaryl/α,β-unsaturated/α-hetero) is 1. The first-order valence-corrected chi connectivity index (χ1v) is 8.90. The van der Waals surface area contributed by atoms with Crippen LogP contribution in [0.4, 0.5) is 0 Å². The van der Waals surface area contributed by atoms with Gasteiger partial charge in [0.05, 0.1) is 11.1 Å². The smallest absolute Gasteiger partial charge is 0.231 e. The SMILES string of the molecule is CC(C)=C1Oc2c(ccc3c2CN(Cc2ccc4c(c2)OCO4)CO3)C1=O. The fourth-order valence-electron chi connectivity index (χ4n) is 3.62. The van der Waals surface area contributed by atoms with E-state index in [1.54, 1.807) is 6.07 Å². The molecule has 0 N–H and O–H groups in total. The lowest BCUT2D eigenvalue weighted by Gasteiger charge is -2.29. The number of carbonyl (C=O) groups excluding carboxylic acids is 1. The van der Waals surface area contributed by atoms with E-state index in [2.05, 4.69) is 4.90 Å². The number of ketones is 1. The maximum Gasteiger partial charge on any atom is 0.231 e. The number of nitrogens with zero attached hydrogens (tertiary/aromatic N) is 1. The maximum absolute atomic E-state index is 12.5. The molecular formula is C21H19NO5. The highest BCUT2D eigenvalue weighted by atomic mass is 16.7. The molecule has 138 valence electrons. The first-order valence-electron chi connectivity index (χ1n) is 8.90. The Balaban J connectivity index is 1.42. The van der Waals surface area contributed by atoms with Crippen molar-refractivity contribution in [2.24, 2.45) is 0 Å². The summed E-state index contributed by atoms with van der Waals surface area (Å²) in [5.41, 5.74) is 3.52. The number of allylic oxidation sites excluding steroid dienone is 2. The van der Waals surface area contributed by atoms with Crippen molar-refractivity contribution >= 4 is 5.78 Å². The van der Waals surface area contributed by atoms with Crippen LogP contribution in [-0.2, 0) is 13.1 Å². The van der Waals surface area contributed by atoms with Gasteiger partial charge in [-0.1, -0.05) is 6.07 Å². The van der Waals surface area contributed by atoms with E-state index >= 15 is 0 Å². The number of hydrogen-bond donors (Lipinski definition) is 0. The predicted molar refractivity (Wildman–Crippen MR) is 97.1 cm³/mol. The Bertz CT molecular complexity index is 990. The molecule has 3 heterocycles. The average molecular weight is 365 g/mol. The van der Waals surface area contributed by atoms with Crippen LogP contribution in [0.2, 0.25) is 0 Å². The van der Waals surface area contributed by atoms with Crippen LogP contribution in [0.1, 0.15) is 35.3 Å². The molecule has 0 aromatic heterocycles. The summed E-state index contributed by atoms with van der Waals surface area (Å²) in [5.74, 6) is 3.32. The highest BCUT2D eigenvalue weighted by molar-refractivity contribution is 6.13. The molecule has 3 aliphatic heterocycles. The first-order chi connectivity index (χ1) is 13.1. The molecule has 0 aliphatic carbocycles. The number of fused-ring (bicyclic) bond motifs is 4. The molecule has 0 spiro atoms. The fraction of sp³-hybridized carbons (Fsp3) is 0.286. The van der Waals surface area contributed by atoms with E-state index in [1.807, 2.05) is 38.1 Å². The van der Waals surface area contributed by atoms with Crippen LogP contribution < -0.4 is 18.9 Å². The van der Waals surface area contributed by atoms with Crippen molar-refractivity contribution < 1.29 is 23.7 Å². The summed E-state index contributed by atoms with van der Waals surface area (Å²) >= 11 is 0. The molecule has 27 heavy (non-hydrogen) atoms. The van der Waals surface area contributed by atoms with Gasteiger partial charge in [-0.2, -0.15) is 0 Å². The minimum Gasteiger partial charge on any atom is -0.478 e. The second-order valence-corrected chi connectivity index (χ2v) is 7.13. The Morgan fingerprint density at radius 3 is 2.70 bits per heavy atom. The van der Waals surface area contributed by atoms with E-state index in [9.17, 15) is 4.79 Å². The van der Waals surface area contributed by atoms with Gasteiger partial charge in [0.25, 0.3) is 0 Å². The largest absolute Gasteiger partial charge is 0.478 e. The van der Waals surface area contributed by atoms with Gasteiger partial charge in [0.2, 0.25) is 12.6 Å². The third-order valence-corrected chi connectivity index (χ3v) is 4.95. The number of hydrogen-bond acceptors (Lipinski definition) is 6. The fourth-order valence-corrected chi connectivity index (χ4v) is 3.62. The summed E-state index contributed by atoms with van der Waals surface area (Å²) in [6, 6.07) is 9.60. The van der Waals surface area contributed by atoms with Crippen molar-refractivity contribution in [2.75, 3.05) is 13.5 Å². The summed E-state index contributed by atoms with van der Waals surface area (Å²) in [6.45, 7) is 5.86. The molecule has 0 amide bonds. The highest BCUT2D eigenvalue weighted by Crippen LogP contribution is 2.42. The zero-order valence-electron chi connectivity index (χ0n) is 15.2. The van der Waals surface area contributed by atoms with Crippen LogP contribution in [0.3, 0.4) is 0 Å². The average Bonchev–Trinajstić information content (AvgIpc) is 3.26. The standard InChI is InChI=1S/C21H19NO5/c1-12(2)20-19(23)14-4-6-16-15(21(14)27-20)9-22(10-24-16)8-13-3-5-17-18(7-13)26-11-25-17/h3-7H,8-11H2,1-2H3. The molecule has 3 aliphatic rings. The lowest BCUT2D eigenvalue weighted by atomic mass is 10.0. The lowest BCUT2D eigenvalue weighted by molar-refractivity contribution is 0.0872. The van der Waals surface area contributed by atoms with Crippen LogP contribution in [0.15, 0.2) is 41.7 Å². The van der Waals surface area contributed by atoms with Crippen LogP contribution in [0, 0.1) is 0 Å². The monoisotopic (exact) mass is 365 g/mol. The molecule has 6 heteroatoms. The van der Waals surface area contributed by atoms with Crippen molar-refractivity contribution in [1.82, 2.24) is 4.90 Å². The van der Waals surface area contributed by atoms with Gasteiger partial charge in [0.15, 0.2) is 17.3 Å². The Labute approximate surface area is 156 Å². The highest BCUT2D eigenvalue weighted by Gasteiger charge is 2.34.